The maximum Gasteiger partial charge on any atom is 0.270 e. The number of amides is 1. The first-order valence-electron chi connectivity index (χ1n) is 13.5. The summed E-state index contributed by atoms with van der Waals surface area (Å²) in [7, 11) is 0. The number of benzene rings is 2. The van der Waals surface area contributed by atoms with Crippen LogP contribution in [0.3, 0.4) is 0 Å². The van der Waals surface area contributed by atoms with Gasteiger partial charge in [0.15, 0.2) is 0 Å². The van der Waals surface area contributed by atoms with Crippen LogP contribution in [0, 0.1) is 31.0 Å². The average Bonchev–Trinajstić information content (AvgIpc) is 3.23. The SMILES string of the molecule is CCn1c(N2CCN(c3ccccc3F)CC2)c(C=C2SC(=S)N(Cc3ccc(C)cc3)C2=O)c(C)c(C#N)c1=O. The molecule has 10 heteroatoms. The number of pyridine rings is 1. The van der Waals surface area contributed by atoms with Gasteiger partial charge in [0.05, 0.1) is 17.1 Å². The first-order chi connectivity index (χ1) is 19.7. The third-order valence-corrected chi connectivity index (χ3v) is 8.92. The molecule has 0 spiro atoms. The van der Waals surface area contributed by atoms with Crippen LogP contribution in [-0.4, -0.2) is 45.9 Å². The molecule has 5 rings (SSSR count). The van der Waals surface area contributed by atoms with Crippen LogP contribution in [0.5, 0.6) is 0 Å². The number of nitrogens with zero attached hydrogens (tertiary/aromatic N) is 5. The third-order valence-electron chi connectivity index (χ3n) is 7.55. The molecular formula is C31H30FN5O2S2. The molecule has 2 aliphatic heterocycles. The van der Waals surface area contributed by atoms with Gasteiger partial charge in [0.25, 0.3) is 11.5 Å². The molecule has 3 aromatic rings. The van der Waals surface area contributed by atoms with Gasteiger partial charge in [-0.15, -0.1) is 0 Å². The molecule has 0 atom stereocenters. The molecule has 0 aliphatic carbocycles. The summed E-state index contributed by atoms with van der Waals surface area (Å²) in [6.45, 7) is 8.52. The van der Waals surface area contributed by atoms with Crippen molar-refractivity contribution in [2.75, 3.05) is 36.0 Å². The fourth-order valence-corrected chi connectivity index (χ4v) is 6.53. The Morgan fingerprint density at radius 1 is 1.02 bits per heavy atom. The second kappa shape index (κ2) is 11.9. The number of hydrogen-bond donors (Lipinski definition) is 0. The van der Waals surface area contributed by atoms with E-state index in [2.05, 4.69) is 11.0 Å². The number of carbonyl (C=O) groups is 1. The van der Waals surface area contributed by atoms with Crippen LogP contribution in [0.25, 0.3) is 6.08 Å². The van der Waals surface area contributed by atoms with Gasteiger partial charge in [-0.1, -0.05) is 65.9 Å². The van der Waals surface area contributed by atoms with Crippen LogP contribution in [-0.2, 0) is 17.9 Å². The number of rotatable bonds is 6. The Kier molecular flexibility index (Phi) is 8.29. The number of para-hydroxylation sites is 1. The Morgan fingerprint density at radius 2 is 1.68 bits per heavy atom. The van der Waals surface area contributed by atoms with Crippen molar-refractivity contribution in [3.8, 4) is 6.07 Å². The van der Waals surface area contributed by atoms with Gasteiger partial charge in [-0.25, -0.2) is 4.39 Å². The highest BCUT2D eigenvalue weighted by Gasteiger charge is 2.34. The lowest BCUT2D eigenvalue weighted by Gasteiger charge is -2.39. The molecule has 0 unspecified atom stereocenters. The zero-order chi connectivity index (χ0) is 29.3. The van der Waals surface area contributed by atoms with Gasteiger partial charge in [-0.05, 0) is 50.1 Å². The van der Waals surface area contributed by atoms with E-state index in [9.17, 15) is 19.2 Å². The van der Waals surface area contributed by atoms with Crippen molar-refractivity contribution >= 4 is 51.8 Å². The molecular weight excluding hydrogens is 558 g/mol. The molecule has 2 aliphatic rings. The fourth-order valence-electron chi connectivity index (χ4n) is 5.29. The van der Waals surface area contributed by atoms with E-state index in [1.54, 1.807) is 34.6 Å². The topological polar surface area (TPSA) is 72.6 Å². The summed E-state index contributed by atoms with van der Waals surface area (Å²) < 4.78 is 16.5. The van der Waals surface area contributed by atoms with Gasteiger partial charge in [-0.2, -0.15) is 5.26 Å². The lowest BCUT2D eigenvalue weighted by Crippen LogP contribution is -2.49. The minimum Gasteiger partial charge on any atom is -0.366 e. The van der Waals surface area contributed by atoms with E-state index in [1.807, 2.05) is 49.1 Å². The van der Waals surface area contributed by atoms with Crippen LogP contribution in [0.4, 0.5) is 15.9 Å². The molecule has 2 fully saturated rings. The number of aromatic nitrogens is 1. The molecule has 210 valence electrons. The zero-order valence-electron chi connectivity index (χ0n) is 23.2. The van der Waals surface area contributed by atoms with E-state index in [4.69, 9.17) is 12.2 Å². The number of aryl methyl sites for hydroxylation is 1. The second-order valence-corrected chi connectivity index (χ2v) is 11.8. The maximum atomic E-state index is 14.5. The number of piperazine rings is 1. The quantitative estimate of drug-likeness (QED) is 0.289. The van der Waals surface area contributed by atoms with Crippen LogP contribution in [0.1, 0.15) is 34.7 Å². The highest BCUT2D eigenvalue weighted by Crippen LogP contribution is 2.37. The number of hydrogen-bond acceptors (Lipinski definition) is 7. The van der Waals surface area contributed by atoms with Gasteiger partial charge >= 0.3 is 0 Å². The number of thiocarbonyl (C=S) groups is 1. The third kappa shape index (κ3) is 5.52. The predicted octanol–water partition coefficient (Wildman–Crippen LogP) is 5.22. The molecule has 3 heterocycles. The summed E-state index contributed by atoms with van der Waals surface area (Å²) in [4.78, 5) is 33.0. The summed E-state index contributed by atoms with van der Waals surface area (Å²) in [6.07, 6.45) is 1.77. The second-order valence-electron chi connectivity index (χ2n) is 10.1. The Bertz CT molecular complexity index is 1650. The van der Waals surface area contributed by atoms with E-state index in [0.29, 0.717) is 71.1 Å². The smallest absolute Gasteiger partial charge is 0.270 e. The van der Waals surface area contributed by atoms with Crippen molar-refractivity contribution in [1.82, 2.24) is 9.47 Å². The monoisotopic (exact) mass is 587 g/mol. The van der Waals surface area contributed by atoms with Gasteiger partial charge < -0.3 is 9.80 Å². The number of halogens is 1. The first kappa shape index (κ1) is 28.6. The molecule has 0 bridgehead atoms. The van der Waals surface area contributed by atoms with E-state index in [1.165, 1.54) is 17.8 Å². The highest BCUT2D eigenvalue weighted by atomic mass is 32.2. The minimum absolute atomic E-state index is 0.0574. The van der Waals surface area contributed by atoms with Gasteiger partial charge in [0.1, 0.15) is 27.6 Å². The van der Waals surface area contributed by atoms with Crippen molar-refractivity contribution in [1.29, 1.82) is 5.26 Å². The molecule has 1 amide bonds. The molecule has 0 radical (unpaired) electrons. The zero-order valence-corrected chi connectivity index (χ0v) is 24.8. The van der Waals surface area contributed by atoms with Crippen molar-refractivity contribution in [2.24, 2.45) is 0 Å². The fraction of sp³-hybridized carbons (Fsp3) is 0.290. The number of carbonyl (C=O) groups excluding carboxylic acids is 1. The molecule has 7 nitrogen and oxygen atoms in total. The van der Waals surface area contributed by atoms with E-state index in [0.717, 1.165) is 11.1 Å². The highest BCUT2D eigenvalue weighted by molar-refractivity contribution is 8.26. The molecule has 1 aromatic heterocycles. The lowest BCUT2D eigenvalue weighted by atomic mass is 10.0. The number of anilines is 2. The largest absolute Gasteiger partial charge is 0.366 e. The van der Waals surface area contributed by atoms with E-state index < -0.39 is 0 Å². The molecule has 2 aromatic carbocycles. The summed E-state index contributed by atoms with van der Waals surface area (Å²) in [5.74, 6) is 0.183. The lowest BCUT2D eigenvalue weighted by molar-refractivity contribution is -0.122. The Labute approximate surface area is 248 Å². The van der Waals surface area contributed by atoms with Crippen LogP contribution in [0.2, 0.25) is 0 Å². The predicted molar refractivity (Wildman–Crippen MR) is 167 cm³/mol. The average molecular weight is 588 g/mol. The maximum absolute atomic E-state index is 14.5. The molecule has 0 saturated carbocycles. The van der Waals surface area contributed by atoms with Crippen LogP contribution in [0.15, 0.2) is 58.2 Å². The normalized spacial score (nSPS) is 16.6. The van der Waals surface area contributed by atoms with Crippen molar-refractivity contribution in [2.45, 2.75) is 33.9 Å². The Hall–Kier alpha value is -3.94. The molecule has 2 saturated heterocycles. The van der Waals surface area contributed by atoms with Gasteiger partial charge in [0.2, 0.25) is 0 Å². The Balaban J connectivity index is 1.51. The molecule has 41 heavy (non-hydrogen) atoms. The van der Waals surface area contributed by atoms with Crippen molar-refractivity contribution < 1.29 is 9.18 Å². The van der Waals surface area contributed by atoms with Crippen molar-refractivity contribution in [3.05, 3.63) is 97.4 Å². The van der Waals surface area contributed by atoms with Gasteiger partial charge in [0, 0.05) is 38.3 Å². The van der Waals surface area contributed by atoms with E-state index in [-0.39, 0.29) is 22.8 Å². The number of nitriles is 1. The summed E-state index contributed by atoms with van der Waals surface area (Å²) in [5.41, 5.74) is 3.54. The first-order valence-corrected chi connectivity index (χ1v) is 14.7. The summed E-state index contributed by atoms with van der Waals surface area (Å²) in [6, 6.07) is 16.8. The van der Waals surface area contributed by atoms with Crippen LogP contribution < -0.4 is 15.4 Å². The molecule has 0 N–H and O–H groups in total. The summed E-state index contributed by atoms with van der Waals surface area (Å²) >= 11 is 6.81. The standard InChI is InChI=1S/C31H30FN5O2S2/c1-4-36-28(35-15-13-34(14-16-35)26-8-6-5-7-25(26)32)23(21(3)24(18-33)29(36)38)17-27-30(39)37(31(40)41-27)19-22-11-9-20(2)10-12-22/h5-12,17H,4,13-16,19H2,1-3H3. The summed E-state index contributed by atoms with van der Waals surface area (Å²) in [5, 5.41) is 9.87. The van der Waals surface area contributed by atoms with Crippen LogP contribution >= 0.6 is 24.0 Å². The Morgan fingerprint density at radius 3 is 2.32 bits per heavy atom. The minimum atomic E-state index is -0.358. The number of thioether (sulfide) groups is 1. The van der Waals surface area contributed by atoms with E-state index >= 15 is 0 Å². The van der Waals surface area contributed by atoms with Gasteiger partial charge in [-0.3, -0.25) is 19.1 Å². The van der Waals surface area contributed by atoms with Crippen molar-refractivity contribution in [3.63, 3.8) is 0 Å².